The van der Waals surface area contributed by atoms with E-state index in [0.29, 0.717) is 5.84 Å². The van der Waals surface area contributed by atoms with Gasteiger partial charge in [-0.3, -0.25) is 0 Å². The van der Waals surface area contributed by atoms with E-state index in [2.05, 4.69) is 240 Å². The van der Waals surface area contributed by atoms with Crippen LogP contribution >= 0.6 is 11.3 Å². The number of aliphatic imine (C=N–C) groups is 2. The molecular weight excluding hydrogens is 869 g/mol. The first-order valence-corrected chi connectivity index (χ1v) is 24.7. The highest BCUT2D eigenvalue weighted by molar-refractivity contribution is 7.26. The van der Waals surface area contributed by atoms with Crippen LogP contribution in [0.15, 0.2) is 241 Å². The molecule has 0 saturated heterocycles. The van der Waals surface area contributed by atoms with Crippen molar-refractivity contribution in [3.05, 3.63) is 247 Å². The summed E-state index contributed by atoms with van der Waals surface area (Å²) in [5, 5.41) is 21.1. The third-order valence-electron chi connectivity index (χ3n) is 14.6. The van der Waals surface area contributed by atoms with Gasteiger partial charge in [-0.15, -0.1) is 11.3 Å². The zero-order chi connectivity index (χ0) is 45.9. The van der Waals surface area contributed by atoms with E-state index in [1.165, 1.54) is 90.3 Å². The van der Waals surface area contributed by atoms with E-state index in [-0.39, 0.29) is 6.17 Å². The molecule has 4 nitrogen and oxygen atoms in total. The summed E-state index contributed by atoms with van der Waals surface area (Å²) >= 11 is 1.86. The SMILES string of the molecule is c1ccc(C2N=C(c3ccc(-n4c5ccccc5c5cc6ccccc6cc54)cc3-c3cccc4sc5cc6ccccc6cc5c34)N=C(c3ccc4c5ccccc5c5ccccc5c4c3)N2)cc1. The van der Waals surface area contributed by atoms with Gasteiger partial charge < -0.3 is 9.88 Å². The van der Waals surface area contributed by atoms with Gasteiger partial charge in [0.25, 0.3) is 0 Å². The minimum atomic E-state index is -0.380. The Bertz CT molecular complexity index is 4540. The molecule has 0 bridgehead atoms. The summed E-state index contributed by atoms with van der Waals surface area (Å²) in [6.07, 6.45) is -0.380. The molecule has 14 aromatic rings. The number of para-hydroxylation sites is 1. The van der Waals surface area contributed by atoms with E-state index in [9.17, 15) is 0 Å². The van der Waals surface area contributed by atoms with Crippen LogP contribution in [0.1, 0.15) is 22.9 Å². The Labute approximate surface area is 406 Å². The van der Waals surface area contributed by atoms with Crippen LogP contribution < -0.4 is 5.32 Å². The van der Waals surface area contributed by atoms with Gasteiger partial charge in [-0.1, -0.05) is 170 Å². The largest absolute Gasteiger partial charge is 0.344 e. The van der Waals surface area contributed by atoms with Crippen molar-refractivity contribution in [3.63, 3.8) is 0 Å². The lowest BCUT2D eigenvalue weighted by Gasteiger charge is -2.25. The fraction of sp³-hybridized carbons (Fsp3) is 0.0154. The van der Waals surface area contributed by atoms with Crippen LogP contribution in [0.3, 0.4) is 0 Å². The number of nitrogens with one attached hydrogen (secondary N) is 1. The van der Waals surface area contributed by atoms with Gasteiger partial charge in [0.2, 0.25) is 0 Å². The van der Waals surface area contributed by atoms with Crippen LogP contribution in [-0.4, -0.2) is 16.2 Å². The molecule has 0 aliphatic carbocycles. The highest BCUT2D eigenvalue weighted by Crippen LogP contribution is 2.45. The van der Waals surface area contributed by atoms with Crippen molar-refractivity contribution in [2.24, 2.45) is 9.98 Å². The number of benzene rings is 12. The number of fused-ring (bicyclic) bond motifs is 14. The van der Waals surface area contributed by atoms with Gasteiger partial charge in [-0.05, 0) is 131 Å². The van der Waals surface area contributed by atoms with Gasteiger partial charge in [0, 0.05) is 47.8 Å². The van der Waals surface area contributed by atoms with Crippen molar-refractivity contribution in [1.82, 2.24) is 9.88 Å². The fourth-order valence-electron chi connectivity index (χ4n) is 11.3. The molecule has 0 fully saturated rings. The van der Waals surface area contributed by atoms with Crippen LogP contribution in [0.4, 0.5) is 0 Å². The van der Waals surface area contributed by atoms with Gasteiger partial charge in [0.1, 0.15) is 12.0 Å². The molecule has 1 aliphatic heterocycles. The second kappa shape index (κ2) is 15.3. The van der Waals surface area contributed by atoms with Crippen LogP contribution in [0.2, 0.25) is 0 Å². The molecule has 1 atom stereocenters. The molecule has 12 aromatic carbocycles. The average Bonchev–Trinajstić information content (AvgIpc) is 3.96. The van der Waals surface area contributed by atoms with Gasteiger partial charge in [0.05, 0.1) is 11.0 Å². The molecule has 3 heterocycles. The van der Waals surface area contributed by atoms with E-state index < -0.39 is 0 Å². The van der Waals surface area contributed by atoms with Crippen molar-refractivity contribution >= 4 is 119 Å². The molecule has 15 rings (SSSR count). The summed E-state index contributed by atoms with van der Waals surface area (Å²) in [6, 6.07) is 84.2. The number of hydrogen-bond acceptors (Lipinski definition) is 4. The standard InChI is InChI=1S/C65H40N4S/c1-2-15-39(16-3-1)63-66-64(44-29-31-50-48-23-9-8-21-46(48)47-22-10-11-24-49(47)54(50)35-44)68-65(67-63)53-32-30-45(69-58-27-13-12-25-51(58)56-33-40-17-4-6-19-42(40)36-59(56)69)38-55(53)52-26-14-28-60-62(52)57-34-41-18-5-7-20-43(41)37-61(57)70-60/h1-38,63H,(H,66,67,68). The van der Waals surface area contributed by atoms with Crippen molar-refractivity contribution in [2.75, 3.05) is 0 Å². The van der Waals surface area contributed by atoms with Crippen LogP contribution in [0, 0.1) is 0 Å². The Morgan fingerprint density at radius 2 is 1.00 bits per heavy atom. The van der Waals surface area contributed by atoms with Crippen molar-refractivity contribution in [3.8, 4) is 16.8 Å². The summed E-state index contributed by atoms with van der Waals surface area (Å²) in [5.41, 5.74) is 8.69. The number of rotatable bonds is 5. The van der Waals surface area contributed by atoms with Crippen molar-refractivity contribution < 1.29 is 0 Å². The highest BCUT2D eigenvalue weighted by atomic mass is 32.1. The Kier molecular flexibility index (Phi) is 8.56. The monoisotopic (exact) mass is 908 g/mol. The first-order valence-electron chi connectivity index (χ1n) is 23.9. The molecule has 326 valence electrons. The van der Waals surface area contributed by atoms with E-state index in [1.807, 2.05) is 11.3 Å². The topological polar surface area (TPSA) is 41.7 Å². The third-order valence-corrected chi connectivity index (χ3v) is 15.7. The van der Waals surface area contributed by atoms with E-state index in [1.54, 1.807) is 0 Å². The van der Waals surface area contributed by atoms with Gasteiger partial charge in [-0.25, -0.2) is 9.98 Å². The molecule has 70 heavy (non-hydrogen) atoms. The Morgan fingerprint density at radius 3 is 1.74 bits per heavy atom. The lowest BCUT2D eigenvalue weighted by molar-refractivity contribution is 0.674. The summed E-state index contributed by atoms with van der Waals surface area (Å²) in [4.78, 5) is 11.1. The van der Waals surface area contributed by atoms with Gasteiger partial charge >= 0.3 is 0 Å². The lowest BCUT2D eigenvalue weighted by Crippen LogP contribution is -2.33. The summed E-state index contributed by atoms with van der Waals surface area (Å²) < 4.78 is 4.96. The Morgan fingerprint density at radius 1 is 0.386 bits per heavy atom. The molecular formula is C65H40N4S. The first kappa shape index (κ1) is 39.1. The second-order valence-corrected chi connectivity index (χ2v) is 19.6. The Hall–Kier alpha value is -8.90. The number of nitrogens with zero attached hydrogens (tertiary/aromatic N) is 3. The van der Waals surface area contributed by atoms with Gasteiger partial charge in [-0.2, -0.15) is 0 Å². The zero-order valence-electron chi connectivity index (χ0n) is 37.8. The number of thiophene rings is 1. The first-order chi connectivity index (χ1) is 34.7. The van der Waals surface area contributed by atoms with Crippen LogP contribution in [-0.2, 0) is 0 Å². The molecule has 5 heteroatoms. The van der Waals surface area contributed by atoms with Crippen LogP contribution in [0.5, 0.6) is 0 Å². The summed E-state index contributed by atoms with van der Waals surface area (Å²) in [6.45, 7) is 0. The van der Waals surface area contributed by atoms with E-state index in [4.69, 9.17) is 9.98 Å². The Balaban J connectivity index is 1.00. The molecule has 0 radical (unpaired) electrons. The smallest absolute Gasteiger partial charge is 0.160 e. The zero-order valence-corrected chi connectivity index (χ0v) is 38.6. The molecule has 1 unspecified atom stereocenters. The normalized spacial score (nSPS) is 14.1. The maximum Gasteiger partial charge on any atom is 0.160 e. The maximum absolute atomic E-state index is 5.58. The summed E-state index contributed by atoms with van der Waals surface area (Å²) in [5.74, 6) is 1.47. The van der Waals surface area contributed by atoms with E-state index >= 15 is 0 Å². The predicted octanol–water partition coefficient (Wildman–Crippen LogP) is 17.1. The quantitative estimate of drug-likeness (QED) is 0.172. The van der Waals surface area contributed by atoms with Crippen molar-refractivity contribution in [2.45, 2.75) is 6.17 Å². The van der Waals surface area contributed by atoms with Gasteiger partial charge in [0.15, 0.2) is 5.84 Å². The average molecular weight is 909 g/mol. The van der Waals surface area contributed by atoms with E-state index in [0.717, 1.165) is 44.9 Å². The number of hydrogen-bond donors (Lipinski definition) is 1. The molecule has 0 spiro atoms. The maximum atomic E-state index is 5.58. The lowest BCUT2D eigenvalue weighted by atomic mass is 9.92. The predicted molar refractivity (Wildman–Crippen MR) is 298 cm³/mol. The highest BCUT2D eigenvalue weighted by Gasteiger charge is 2.26. The molecule has 1 aliphatic rings. The second-order valence-electron chi connectivity index (χ2n) is 18.5. The molecule has 0 amide bonds. The number of aromatic nitrogens is 1. The van der Waals surface area contributed by atoms with Crippen LogP contribution in [0.25, 0.3) is 113 Å². The minimum Gasteiger partial charge on any atom is -0.344 e. The number of amidine groups is 2. The van der Waals surface area contributed by atoms with Crippen molar-refractivity contribution in [1.29, 1.82) is 0 Å². The molecule has 2 aromatic heterocycles. The summed E-state index contributed by atoms with van der Waals surface area (Å²) in [7, 11) is 0. The molecule has 0 saturated carbocycles. The molecule has 1 N–H and O–H groups in total. The third kappa shape index (κ3) is 6.02. The minimum absolute atomic E-state index is 0.380. The fourth-order valence-corrected chi connectivity index (χ4v) is 12.5.